The van der Waals surface area contributed by atoms with E-state index in [4.69, 9.17) is 19.3 Å². The van der Waals surface area contributed by atoms with Crippen LogP contribution in [0, 0.1) is 0 Å². The van der Waals surface area contributed by atoms with Crippen LogP contribution < -0.4 is 14.2 Å². The number of ether oxygens (including phenoxy) is 3. The van der Waals surface area contributed by atoms with Crippen LogP contribution in [0.1, 0.15) is 10.5 Å². The second-order valence-corrected chi connectivity index (χ2v) is 5.49. The zero-order valence-electron chi connectivity index (χ0n) is 11.9. The number of aromatic carboxylic acids is 1. The first-order valence-electron chi connectivity index (χ1n) is 6.46. The van der Waals surface area contributed by atoms with Gasteiger partial charge in [0.1, 0.15) is 19.0 Å². The van der Waals surface area contributed by atoms with Gasteiger partial charge in [-0.1, -0.05) is 0 Å². The molecule has 116 valence electrons. The van der Waals surface area contributed by atoms with E-state index >= 15 is 0 Å². The summed E-state index contributed by atoms with van der Waals surface area (Å²) in [5.41, 5.74) is 1.12. The number of carboxylic acids is 1. The highest BCUT2D eigenvalue weighted by molar-refractivity contribution is 9.10. The third kappa shape index (κ3) is 2.29. The Morgan fingerprint density at radius 1 is 1.41 bits per heavy atom. The van der Waals surface area contributed by atoms with Gasteiger partial charge in [-0.2, -0.15) is 5.10 Å². The Labute approximate surface area is 134 Å². The first kappa shape index (κ1) is 14.7. The highest BCUT2D eigenvalue weighted by Gasteiger charge is 2.27. The van der Waals surface area contributed by atoms with Crippen molar-refractivity contribution in [2.45, 2.75) is 0 Å². The smallest absolute Gasteiger partial charge is 0.356 e. The van der Waals surface area contributed by atoms with E-state index in [1.165, 1.54) is 17.9 Å². The van der Waals surface area contributed by atoms with Crippen LogP contribution in [0.5, 0.6) is 17.2 Å². The molecule has 0 amide bonds. The van der Waals surface area contributed by atoms with Crippen LogP contribution in [0.25, 0.3) is 11.3 Å². The summed E-state index contributed by atoms with van der Waals surface area (Å²) in [6.07, 6.45) is 0. The van der Waals surface area contributed by atoms with Crippen molar-refractivity contribution < 1.29 is 24.1 Å². The van der Waals surface area contributed by atoms with Crippen LogP contribution in [0.15, 0.2) is 16.6 Å². The monoisotopic (exact) mass is 368 g/mol. The fourth-order valence-corrected chi connectivity index (χ4v) is 2.94. The third-order valence-electron chi connectivity index (χ3n) is 3.30. The zero-order valence-corrected chi connectivity index (χ0v) is 13.5. The minimum Gasteiger partial charge on any atom is -0.495 e. The zero-order chi connectivity index (χ0) is 15.9. The van der Waals surface area contributed by atoms with E-state index < -0.39 is 5.97 Å². The van der Waals surface area contributed by atoms with E-state index in [1.807, 2.05) is 0 Å². The van der Waals surface area contributed by atoms with E-state index in [9.17, 15) is 4.79 Å². The first-order valence-corrected chi connectivity index (χ1v) is 7.26. The maximum atomic E-state index is 11.1. The lowest BCUT2D eigenvalue weighted by Crippen LogP contribution is -2.16. The van der Waals surface area contributed by atoms with Crippen LogP contribution in [-0.4, -0.2) is 41.2 Å². The summed E-state index contributed by atoms with van der Waals surface area (Å²) >= 11 is 3.44. The molecule has 0 bridgehead atoms. The average Bonchev–Trinajstić information content (AvgIpc) is 2.87. The Bertz CT molecular complexity index is 756. The van der Waals surface area contributed by atoms with E-state index in [1.54, 1.807) is 13.1 Å². The van der Waals surface area contributed by atoms with Crippen molar-refractivity contribution in [2.75, 3.05) is 20.3 Å². The Hall–Kier alpha value is -2.22. The minimum atomic E-state index is -1.10. The van der Waals surface area contributed by atoms with E-state index in [0.717, 1.165) is 0 Å². The normalized spacial score (nSPS) is 13.0. The number of carboxylic acid groups (broad SMARTS) is 1. The number of hydrogen-bond donors (Lipinski definition) is 1. The number of methoxy groups -OCH3 is 1. The number of fused-ring (bicyclic) bond motifs is 1. The maximum Gasteiger partial charge on any atom is 0.356 e. The van der Waals surface area contributed by atoms with Gasteiger partial charge in [0.25, 0.3) is 0 Å². The second-order valence-electron chi connectivity index (χ2n) is 4.63. The molecule has 8 heteroatoms. The summed E-state index contributed by atoms with van der Waals surface area (Å²) in [7, 11) is 3.20. The lowest BCUT2D eigenvalue weighted by Gasteiger charge is -2.23. The molecule has 1 aliphatic rings. The predicted octanol–water partition coefficient (Wildman–Crippen LogP) is 2.33. The SMILES string of the molecule is COc1c(Br)cc2c(c1-c1cc(C(=O)O)nn1C)OCCO2. The molecule has 3 rings (SSSR count). The van der Waals surface area contributed by atoms with Crippen LogP contribution in [0.2, 0.25) is 0 Å². The average molecular weight is 369 g/mol. The fourth-order valence-electron chi connectivity index (χ4n) is 2.38. The molecule has 0 atom stereocenters. The maximum absolute atomic E-state index is 11.1. The van der Waals surface area contributed by atoms with Crippen LogP contribution in [-0.2, 0) is 7.05 Å². The summed E-state index contributed by atoms with van der Waals surface area (Å²) in [6, 6.07) is 3.25. The number of aromatic nitrogens is 2. The van der Waals surface area contributed by atoms with Crippen molar-refractivity contribution in [1.29, 1.82) is 0 Å². The molecule has 0 spiro atoms. The van der Waals surface area contributed by atoms with Gasteiger partial charge in [0.2, 0.25) is 0 Å². The van der Waals surface area contributed by atoms with Gasteiger partial charge in [-0.25, -0.2) is 4.79 Å². The molecule has 0 saturated carbocycles. The fraction of sp³-hybridized carbons (Fsp3) is 0.286. The topological polar surface area (TPSA) is 82.8 Å². The highest BCUT2D eigenvalue weighted by Crippen LogP contribution is 2.49. The highest BCUT2D eigenvalue weighted by atomic mass is 79.9. The van der Waals surface area contributed by atoms with Gasteiger partial charge in [0.15, 0.2) is 17.2 Å². The number of rotatable bonds is 3. The Morgan fingerprint density at radius 2 is 2.14 bits per heavy atom. The van der Waals surface area contributed by atoms with E-state index in [0.29, 0.717) is 46.2 Å². The molecule has 22 heavy (non-hydrogen) atoms. The van der Waals surface area contributed by atoms with Crippen molar-refractivity contribution in [3.05, 3.63) is 22.3 Å². The van der Waals surface area contributed by atoms with Gasteiger partial charge >= 0.3 is 5.97 Å². The van der Waals surface area contributed by atoms with Crippen molar-refractivity contribution >= 4 is 21.9 Å². The second kappa shape index (κ2) is 5.53. The lowest BCUT2D eigenvalue weighted by atomic mass is 10.1. The number of halogens is 1. The molecule has 2 heterocycles. The van der Waals surface area contributed by atoms with Gasteiger partial charge in [-0.3, -0.25) is 4.68 Å². The Morgan fingerprint density at radius 3 is 2.77 bits per heavy atom. The molecule has 7 nitrogen and oxygen atoms in total. The number of nitrogens with zero attached hydrogens (tertiary/aromatic N) is 2. The van der Waals surface area contributed by atoms with Crippen molar-refractivity contribution in [3.63, 3.8) is 0 Å². The predicted molar refractivity (Wildman–Crippen MR) is 80.8 cm³/mol. The number of aryl methyl sites for hydroxylation is 1. The molecule has 1 N–H and O–H groups in total. The quantitative estimate of drug-likeness (QED) is 0.894. The van der Waals surface area contributed by atoms with Crippen LogP contribution in [0.3, 0.4) is 0 Å². The number of hydrogen-bond acceptors (Lipinski definition) is 5. The van der Waals surface area contributed by atoms with Crippen LogP contribution >= 0.6 is 15.9 Å². The summed E-state index contributed by atoms with van der Waals surface area (Å²) < 4.78 is 18.9. The van der Waals surface area contributed by atoms with Gasteiger partial charge in [-0.15, -0.1) is 0 Å². The van der Waals surface area contributed by atoms with E-state index in [-0.39, 0.29) is 5.69 Å². The Kier molecular flexibility index (Phi) is 3.69. The van der Waals surface area contributed by atoms with E-state index in [2.05, 4.69) is 21.0 Å². The lowest BCUT2D eigenvalue weighted by molar-refractivity contribution is 0.0689. The summed E-state index contributed by atoms with van der Waals surface area (Å²) in [6.45, 7) is 0.866. The minimum absolute atomic E-state index is 0.0509. The number of benzene rings is 1. The van der Waals surface area contributed by atoms with Crippen molar-refractivity contribution in [1.82, 2.24) is 9.78 Å². The summed E-state index contributed by atoms with van der Waals surface area (Å²) in [4.78, 5) is 11.1. The molecule has 0 fully saturated rings. The summed E-state index contributed by atoms with van der Waals surface area (Å²) in [5, 5.41) is 13.1. The molecule has 0 saturated heterocycles. The van der Waals surface area contributed by atoms with Gasteiger partial charge < -0.3 is 19.3 Å². The molecule has 0 unspecified atom stereocenters. The third-order valence-corrected chi connectivity index (χ3v) is 3.89. The van der Waals surface area contributed by atoms with Crippen molar-refractivity contribution in [2.24, 2.45) is 7.05 Å². The molecule has 2 aromatic rings. The first-order chi connectivity index (χ1) is 10.5. The van der Waals surface area contributed by atoms with Crippen molar-refractivity contribution in [3.8, 4) is 28.5 Å². The molecular weight excluding hydrogens is 356 g/mol. The standard InChI is InChI=1S/C14H13BrN2O5/c1-17-9(6-8(16-17)14(18)19)11-12(20-2)7(15)5-10-13(11)22-4-3-21-10/h5-6H,3-4H2,1-2H3,(H,18,19). The summed E-state index contributed by atoms with van der Waals surface area (Å²) in [5.74, 6) is 0.532. The van der Waals surface area contributed by atoms with Gasteiger partial charge in [0, 0.05) is 13.1 Å². The molecular formula is C14H13BrN2O5. The number of carbonyl (C=O) groups is 1. The van der Waals surface area contributed by atoms with Crippen LogP contribution in [0.4, 0.5) is 0 Å². The largest absolute Gasteiger partial charge is 0.495 e. The molecule has 0 aliphatic carbocycles. The Balaban J connectivity index is 2.29. The van der Waals surface area contributed by atoms with Gasteiger partial charge in [-0.05, 0) is 22.0 Å². The van der Waals surface area contributed by atoms with Gasteiger partial charge in [0.05, 0.1) is 22.8 Å². The molecule has 0 radical (unpaired) electrons. The molecule has 1 aromatic carbocycles. The molecule has 1 aromatic heterocycles. The molecule has 1 aliphatic heterocycles.